The number of nitrogens with two attached hydrogens (primary N) is 1. The molecular formula is C18H23NO2. The molecule has 0 radical (unpaired) electrons. The van der Waals surface area contributed by atoms with Crippen molar-refractivity contribution in [3.63, 3.8) is 0 Å². The highest BCUT2D eigenvalue weighted by Crippen LogP contribution is 2.25. The maximum Gasteiger partial charge on any atom is 0.119 e. The highest BCUT2D eigenvalue weighted by Gasteiger charge is 2.13. The van der Waals surface area contributed by atoms with Crippen LogP contribution in [0.4, 0.5) is 5.69 Å². The van der Waals surface area contributed by atoms with Crippen LogP contribution in [0, 0.1) is 0 Å². The maximum atomic E-state index is 10.1. The monoisotopic (exact) mass is 285 g/mol. The molecule has 0 aliphatic carbocycles. The zero-order valence-corrected chi connectivity index (χ0v) is 12.8. The minimum absolute atomic E-state index is 0.125. The lowest BCUT2D eigenvalue weighted by atomic mass is 9.87. The quantitative estimate of drug-likeness (QED) is 0.843. The lowest BCUT2D eigenvalue weighted by molar-refractivity contribution is 0.108. The molecule has 1 atom stereocenters. The van der Waals surface area contributed by atoms with Crippen LogP contribution in [-0.2, 0) is 5.41 Å². The van der Waals surface area contributed by atoms with Gasteiger partial charge in [0.25, 0.3) is 0 Å². The molecule has 2 aromatic carbocycles. The number of benzene rings is 2. The van der Waals surface area contributed by atoms with Gasteiger partial charge in [-0.2, -0.15) is 0 Å². The highest BCUT2D eigenvalue weighted by atomic mass is 16.5. The number of ether oxygens (including phenoxy) is 1. The minimum Gasteiger partial charge on any atom is -0.491 e. The van der Waals surface area contributed by atoms with Crippen molar-refractivity contribution < 1.29 is 9.84 Å². The van der Waals surface area contributed by atoms with Gasteiger partial charge in [0.05, 0.1) is 0 Å². The van der Waals surface area contributed by atoms with E-state index < -0.39 is 6.10 Å². The molecule has 0 spiro atoms. The predicted molar refractivity (Wildman–Crippen MR) is 86.5 cm³/mol. The fourth-order valence-electron chi connectivity index (χ4n) is 2.09. The van der Waals surface area contributed by atoms with Crippen LogP contribution in [0.2, 0.25) is 0 Å². The van der Waals surface area contributed by atoms with E-state index in [2.05, 4.69) is 32.9 Å². The number of aliphatic hydroxyl groups excluding tert-OH is 1. The predicted octanol–water partition coefficient (Wildman–Crippen LogP) is 3.68. The van der Waals surface area contributed by atoms with Crippen molar-refractivity contribution in [1.82, 2.24) is 0 Å². The first-order valence-electron chi connectivity index (χ1n) is 7.13. The summed E-state index contributed by atoms with van der Waals surface area (Å²) in [5, 5.41) is 10.1. The Morgan fingerprint density at radius 3 is 2.33 bits per heavy atom. The molecule has 0 fully saturated rings. The molecule has 0 aliphatic rings. The van der Waals surface area contributed by atoms with Crippen molar-refractivity contribution in [2.45, 2.75) is 32.3 Å². The van der Waals surface area contributed by atoms with Gasteiger partial charge in [0.1, 0.15) is 18.5 Å². The molecule has 0 saturated heterocycles. The van der Waals surface area contributed by atoms with E-state index in [1.54, 1.807) is 12.1 Å². The fraction of sp³-hybridized carbons (Fsp3) is 0.333. The molecule has 0 amide bonds. The smallest absolute Gasteiger partial charge is 0.119 e. The molecule has 3 heteroatoms. The number of aliphatic hydroxyl groups is 1. The first-order chi connectivity index (χ1) is 9.86. The number of nitrogen functional groups attached to an aromatic ring is 1. The molecule has 0 bridgehead atoms. The van der Waals surface area contributed by atoms with Crippen LogP contribution >= 0.6 is 0 Å². The molecule has 2 rings (SSSR count). The lowest BCUT2D eigenvalue weighted by Gasteiger charge is -2.19. The largest absolute Gasteiger partial charge is 0.491 e. The molecule has 21 heavy (non-hydrogen) atoms. The molecule has 112 valence electrons. The molecular weight excluding hydrogens is 262 g/mol. The number of hydrogen-bond donors (Lipinski definition) is 2. The summed E-state index contributed by atoms with van der Waals surface area (Å²) < 4.78 is 5.64. The summed E-state index contributed by atoms with van der Waals surface area (Å²) in [6.07, 6.45) is -0.684. The van der Waals surface area contributed by atoms with E-state index in [0.29, 0.717) is 5.69 Å². The lowest BCUT2D eigenvalue weighted by Crippen LogP contribution is -2.12. The average molecular weight is 285 g/mol. The van der Waals surface area contributed by atoms with Crippen LogP contribution in [0.15, 0.2) is 48.5 Å². The average Bonchev–Trinajstić information content (AvgIpc) is 2.44. The SMILES string of the molecule is CC(C)(C)c1ccc(OCC(O)c2cccc(N)c2)cc1. The fourth-order valence-corrected chi connectivity index (χ4v) is 2.09. The molecule has 3 N–H and O–H groups in total. The summed E-state index contributed by atoms with van der Waals surface area (Å²) >= 11 is 0. The summed E-state index contributed by atoms with van der Waals surface area (Å²) in [5.74, 6) is 0.756. The molecule has 1 unspecified atom stereocenters. The van der Waals surface area contributed by atoms with Crippen LogP contribution in [0.5, 0.6) is 5.75 Å². The Labute approximate surface area is 126 Å². The standard InChI is InChI=1S/C18H23NO2/c1-18(2,3)14-7-9-16(10-8-14)21-12-17(20)13-5-4-6-15(19)11-13/h4-11,17,20H,12,19H2,1-3H3. The van der Waals surface area contributed by atoms with Crippen molar-refractivity contribution in [3.8, 4) is 5.75 Å². The van der Waals surface area contributed by atoms with Crippen molar-refractivity contribution in [2.24, 2.45) is 0 Å². The van der Waals surface area contributed by atoms with Crippen LogP contribution in [0.1, 0.15) is 38.0 Å². The van der Waals surface area contributed by atoms with Crippen molar-refractivity contribution in [2.75, 3.05) is 12.3 Å². The van der Waals surface area contributed by atoms with Crippen LogP contribution < -0.4 is 10.5 Å². The Morgan fingerprint density at radius 1 is 1.10 bits per heavy atom. The third kappa shape index (κ3) is 4.23. The summed E-state index contributed by atoms with van der Waals surface area (Å²) in [5.41, 5.74) is 8.49. The van der Waals surface area contributed by atoms with Gasteiger partial charge in [-0.05, 0) is 40.8 Å². The Kier molecular flexibility index (Phi) is 4.53. The van der Waals surface area contributed by atoms with Gasteiger partial charge in [0.15, 0.2) is 0 Å². The molecule has 0 aromatic heterocycles. The topological polar surface area (TPSA) is 55.5 Å². The maximum absolute atomic E-state index is 10.1. The second kappa shape index (κ2) is 6.19. The first kappa shape index (κ1) is 15.4. The van der Waals surface area contributed by atoms with E-state index in [1.165, 1.54) is 5.56 Å². The van der Waals surface area contributed by atoms with Gasteiger partial charge in [0, 0.05) is 5.69 Å². The summed E-state index contributed by atoms with van der Waals surface area (Å²) in [7, 11) is 0. The van der Waals surface area contributed by atoms with Gasteiger partial charge >= 0.3 is 0 Å². The molecule has 3 nitrogen and oxygen atoms in total. The normalized spacial score (nSPS) is 13.0. The van der Waals surface area contributed by atoms with Gasteiger partial charge in [0.2, 0.25) is 0 Å². The summed E-state index contributed by atoms with van der Waals surface area (Å²) in [6, 6.07) is 15.2. The van der Waals surface area contributed by atoms with Crippen molar-refractivity contribution in [1.29, 1.82) is 0 Å². The van der Waals surface area contributed by atoms with E-state index in [-0.39, 0.29) is 12.0 Å². The van der Waals surface area contributed by atoms with E-state index in [4.69, 9.17) is 10.5 Å². The molecule has 0 aliphatic heterocycles. The van der Waals surface area contributed by atoms with Crippen molar-refractivity contribution in [3.05, 3.63) is 59.7 Å². The van der Waals surface area contributed by atoms with Gasteiger partial charge in [-0.25, -0.2) is 0 Å². The number of hydrogen-bond acceptors (Lipinski definition) is 3. The van der Waals surface area contributed by atoms with Gasteiger partial charge in [-0.15, -0.1) is 0 Å². The summed E-state index contributed by atoms with van der Waals surface area (Å²) in [4.78, 5) is 0. The minimum atomic E-state index is -0.684. The summed E-state index contributed by atoms with van der Waals surface area (Å²) in [6.45, 7) is 6.73. The van der Waals surface area contributed by atoms with Crippen LogP contribution in [0.25, 0.3) is 0 Å². The third-order valence-corrected chi connectivity index (χ3v) is 3.42. The Hall–Kier alpha value is -2.00. The molecule has 0 saturated carbocycles. The molecule has 2 aromatic rings. The van der Waals surface area contributed by atoms with E-state index in [0.717, 1.165) is 11.3 Å². The first-order valence-corrected chi connectivity index (χ1v) is 7.13. The van der Waals surface area contributed by atoms with Gasteiger partial charge < -0.3 is 15.6 Å². The van der Waals surface area contributed by atoms with Crippen molar-refractivity contribution >= 4 is 5.69 Å². The zero-order chi connectivity index (χ0) is 15.5. The number of rotatable bonds is 4. The van der Waals surface area contributed by atoms with E-state index in [1.807, 2.05) is 24.3 Å². The van der Waals surface area contributed by atoms with Gasteiger partial charge in [-0.3, -0.25) is 0 Å². The Bertz CT molecular complexity index is 585. The number of anilines is 1. The van der Waals surface area contributed by atoms with E-state index in [9.17, 15) is 5.11 Å². The second-order valence-electron chi connectivity index (χ2n) is 6.27. The van der Waals surface area contributed by atoms with E-state index >= 15 is 0 Å². The van der Waals surface area contributed by atoms with Gasteiger partial charge in [-0.1, -0.05) is 45.0 Å². The molecule has 0 heterocycles. The highest BCUT2D eigenvalue weighted by molar-refractivity contribution is 5.41. The Morgan fingerprint density at radius 2 is 1.76 bits per heavy atom. The third-order valence-electron chi connectivity index (χ3n) is 3.42. The zero-order valence-electron chi connectivity index (χ0n) is 12.8. The van der Waals surface area contributed by atoms with Crippen LogP contribution in [-0.4, -0.2) is 11.7 Å². The Balaban J connectivity index is 1.97. The van der Waals surface area contributed by atoms with Crippen LogP contribution in [0.3, 0.4) is 0 Å². The second-order valence-corrected chi connectivity index (χ2v) is 6.27.